The van der Waals surface area contributed by atoms with Gasteiger partial charge >= 0.3 is 0 Å². The van der Waals surface area contributed by atoms with E-state index in [1.807, 2.05) is 40.3 Å². The van der Waals surface area contributed by atoms with Crippen LogP contribution in [-0.4, -0.2) is 24.1 Å². The molecule has 1 saturated carbocycles. The highest BCUT2D eigenvalue weighted by atomic mass is 35.5. The topological polar surface area (TPSA) is 65.6 Å². The van der Waals surface area contributed by atoms with Gasteiger partial charge < -0.3 is 0 Å². The molecule has 160 valence electrons. The van der Waals surface area contributed by atoms with Gasteiger partial charge in [0.05, 0.1) is 16.7 Å². The molecule has 0 aliphatic heterocycles. The molecule has 5 aromatic rings. The molecule has 2 aromatic carbocycles. The zero-order valence-electron chi connectivity index (χ0n) is 17.3. The zero-order chi connectivity index (χ0) is 22.0. The maximum Gasteiger partial charge on any atom is 0.265 e. The van der Waals surface area contributed by atoms with Gasteiger partial charge in [0.25, 0.3) is 5.56 Å². The Morgan fingerprint density at radius 1 is 0.906 bits per heavy atom. The fourth-order valence-electron chi connectivity index (χ4n) is 4.92. The molecule has 8 heteroatoms. The van der Waals surface area contributed by atoms with Gasteiger partial charge in [-0.2, -0.15) is 0 Å². The van der Waals surface area contributed by atoms with Gasteiger partial charge in [0, 0.05) is 16.1 Å². The van der Waals surface area contributed by atoms with Crippen LogP contribution in [0.15, 0.2) is 47.3 Å². The Labute approximate surface area is 193 Å². The van der Waals surface area contributed by atoms with Crippen molar-refractivity contribution in [2.75, 3.05) is 0 Å². The third-order valence-corrected chi connectivity index (χ3v) is 6.72. The van der Waals surface area contributed by atoms with E-state index in [9.17, 15) is 4.79 Å². The summed E-state index contributed by atoms with van der Waals surface area (Å²) in [6, 6.07) is 13.1. The number of rotatable bonds is 2. The van der Waals surface area contributed by atoms with E-state index in [0.29, 0.717) is 43.8 Å². The molecular formula is C24H19Cl2N5O. The zero-order valence-corrected chi connectivity index (χ0v) is 18.9. The number of para-hydroxylation sites is 2. The molecule has 32 heavy (non-hydrogen) atoms. The standard InChI is InChI=1S/C24H19Cl2N5O/c1-13-27-22-20(24(32)30(13)16-6-2-3-7-16)21-23(29-19-9-5-4-8-18(19)28-21)31(22)17-11-14(25)10-15(26)12-17/h4-5,8-12,16H,2-3,6-7H2,1H3. The van der Waals surface area contributed by atoms with E-state index in [0.717, 1.165) is 36.7 Å². The van der Waals surface area contributed by atoms with E-state index in [4.69, 9.17) is 38.2 Å². The molecule has 0 radical (unpaired) electrons. The highest BCUT2D eigenvalue weighted by Gasteiger charge is 2.26. The van der Waals surface area contributed by atoms with Crippen molar-refractivity contribution >= 4 is 56.4 Å². The largest absolute Gasteiger partial charge is 0.293 e. The predicted octanol–water partition coefficient (Wildman–Crippen LogP) is 6.01. The van der Waals surface area contributed by atoms with E-state index in [-0.39, 0.29) is 11.6 Å². The SMILES string of the molecule is Cc1nc2c(c(=O)n1C1CCCC1)c1nc3ccccc3nc1n2-c1cc(Cl)cc(Cl)c1. The van der Waals surface area contributed by atoms with Crippen molar-refractivity contribution in [3.8, 4) is 5.69 Å². The summed E-state index contributed by atoms with van der Waals surface area (Å²) in [5, 5.41) is 1.46. The number of benzene rings is 2. The molecule has 3 aromatic heterocycles. The van der Waals surface area contributed by atoms with E-state index >= 15 is 0 Å². The normalized spacial score (nSPS) is 14.8. The van der Waals surface area contributed by atoms with Crippen molar-refractivity contribution in [1.82, 2.24) is 24.1 Å². The van der Waals surface area contributed by atoms with E-state index in [1.165, 1.54) is 0 Å². The number of halogens is 2. The minimum absolute atomic E-state index is 0.0687. The van der Waals surface area contributed by atoms with Crippen LogP contribution >= 0.6 is 23.2 Å². The fourth-order valence-corrected chi connectivity index (χ4v) is 5.43. The molecule has 1 aliphatic carbocycles. The summed E-state index contributed by atoms with van der Waals surface area (Å²) in [5.41, 5.74) is 3.72. The van der Waals surface area contributed by atoms with Gasteiger partial charge in [-0.3, -0.25) is 13.9 Å². The molecular weight excluding hydrogens is 445 g/mol. The highest BCUT2D eigenvalue weighted by molar-refractivity contribution is 6.35. The van der Waals surface area contributed by atoms with Crippen LogP contribution in [0.3, 0.4) is 0 Å². The van der Waals surface area contributed by atoms with Gasteiger partial charge in [-0.1, -0.05) is 48.2 Å². The molecule has 6 nitrogen and oxygen atoms in total. The Hall–Kier alpha value is -2.96. The lowest BCUT2D eigenvalue weighted by molar-refractivity contribution is 0.485. The summed E-state index contributed by atoms with van der Waals surface area (Å²) < 4.78 is 3.69. The van der Waals surface area contributed by atoms with Crippen molar-refractivity contribution in [2.24, 2.45) is 0 Å². The van der Waals surface area contributed by atoms with Crippen LogP contribution < -0.4 is 5.56 Å². The molecule has 0 amide bonds. The average molecular weight is 464 g/mol. The molecule has 6 rings (SSSR count). The van der Waals surface area contributed by atoms with Crippen molar-refractivity contribution < 1.29 is 0 Å². The number of hydrogen-bond acceptors (Lipinski definition) is 4. The van der Waals surface area contributed by atoms with Crippen molar-refractivity contribution in [2.45, 2.75) is 38.6 Å². The summed E-state index contributed by atoms with van der Waals surface area (Å²) in [4.78, 5) is 28.5. The third kappa shape index (κ3) is 2.93. The van der Waals surface area contributed by atoms with Crippen LogP contribution in [0.1, 0.15) is 37.5 Å². The first kappa shape index (κ1) is 19.7. The van der Waals surface area contributed by atoms with E-state index in [2.05, 4.69) is 0 Å². The summed E-state index contributed by atoms with van der Waals surface area (Å²) in [6.45, 7) is 1.89. The number of aromatic nitrogens is 5. The molecule has 0 N–H and O–H groups in total. The van der Waals surface area contributed by atoms with Gasteiger partial charge in [-0.05, 0) is 50.1 Å². The molecule has 0 bridgehead atoms. The lowest BCUT2D eigenvalue weighted by Crippen LogP contribution is -2.27. The quantitative estimate of drug-likeness (QED) is 0.321. The number of hydrogen-bond donors (Lipinski definition) is 0. The monoisotopic (exact) mass is 463 g/mol. The number of nitrogens with zero attached hydrogens (tertiary/aromatic N) is 5. The van der Waals surface area contributed by atoms with Gasteiger partial charge in [0.1, 0.15) is 16.7 Å². The van der Waals surface area contributed by atoms with Crippen LogP contribution in [0.2, 0.25) is 10.0 Å². The van der Waals surface area contributed by atoms with Crippen LogP contribution in [0.25, 0.3) is 38.9 Å². The Bertz CT molecular complexity index is 1580. The number of fused-ring (bicyclic) bond motifs is 4. The minimum atomic E-state index is -0.0687. The van der Waals surface area contributed by atoms with Crippen LogP contribution in [0, 0.1) is 6.92 Å². The Morgan fingerprint density at radius 2 is 1.56 bits per heavy atom. The van der Waals surface area contributed by atoms with E-state index in [1.54, 1.807) is 18.2 Å². The summed E-state index contributed by atoms with van der Waals surface area (Å²) in [6.07, 6.45) is 4.24. The molecule has 1 fully saturated rings. The van der Waals surface area contributed by atoms with Gasteiger partial charge in [-0.15, -0.1) is 0 Å². The fraction of sp³-hybridized carbons (Fsp3) is 0.250. The second-order valence-corrected chi connectivity index (χ2v) is 9.19. The molecule has 0 saturated heterocycles. The predicted molar refractivity (Wildman–Crippen MR) is 128 cm³/mol. The second kappa shape index (κ2) is 7.29. The minimum Gasteiger partial charge on any atom is -0.293 e. The van der Waals surface area contributed by atoms with Crippen LogP contribution in [-0.2, 0) is 0 Å². The summed E-state index contributed by atoms with van der Waals surface area (Å²) in [7, 11) is 0. The summed E-state index contributed by atoms with van der Waals surface area (Å²) in [5.74, 6) is 0.691. The summed E-state index contributed by atoms with van der Waals surface area (Å²) >= 11 is 12.6. The second-order valence-electron chi connectivity index (χ2n) is 8.32. The van der Waals surface area contributed by atoms with Crippen LogP contribution in [0.5, 0.6) is 0 Å². The van der Waals surface area contributed by atoms with Crippen molar-refractivity contribution in [3.63, 3.8) is 0 Å². The van der Waals surface area contributed by atoms with Gasteiger partial charge in [0.15, 0.2) is 11.3 Å². The molecule has 1 aliphatic rings. The third-order valence-electron chi connectivity index (χ3n) is 6.28. The van der Waals surface area contributed by atoms with Crippen LogP contribution in [0.4, 0.5) is 0 Å². The lowest BCUT2D eigenvalue weighted by atomic mass is 10.2. The lowest BCUT2D eigenvalue weighted by Gasteiger charge is -2.16. The molecule has 3 heterocycles. The first-order valence-electron chi connectivity index (χ1n) is 10.7. The first-order chi connectivity index (χ1) is 15.5. The first-order valence-corrected chi connectivity index (χ1v) is 11.4. The maximum atomic E-state index is 13.9. The number of aryl methyl sites for hydroxylation is 1. The van der Waals surface area contributed by atoms with Gasteiger partial charge in [-0.25, -0.2) is 15.0 Å². The highest BCUT2D eigenvalue weighted by Crippen LogP contribution is 2.33. The van der Waals surface area contributed by atoms with Gasteiger partial charge in [0.2, 0.25) is 0 Å². The molecule has 0 unspecified atom stereocenters. The molecule has 0 spiro atoms. The van der Waals surface area contributed by atoms with Crippen molar-refractivity contribution in [1.29, 1.82) is 0 Å². The van der Waals surface area contributed by atoms with E-state index < -0.39 is 0 Å². The van der Waals surface area contributed by atoms with Crippen molar-refractivity contribution in [3.05, 3.63) is 68.7 Å². The Morgan fingerprint density at radius 3 is 2.25 bits per heavy atom. The molecule has 0 atom stereocenters. The maximum absolute atomic E-state index is 13.9. The Balaban J connectivity index is 1.81. The smallest absolute Gasteiger partial charge is 0.265 e. The average Bonchev–Trinajstić information content (AvgIpc) is 3.37. The Kier molecular flexibility index (Phi) is 4.49.